The zero-order chi connectivity index (χ0) is 20.6. The molecule has 0 aromatic carbocycles. The maximum absolute atomic E-state index is 9.54. The minimum atomic E-state index is -1.38. The van der Waals surface area contributed by atoms with Gasteiger partial charge in [0.1, 0.15) is 0 Å². The molecule has 0 unspecified atom stereocenters. The highest BCUT2D eigenvalue weighted by Gasteiger charge is 2.00. The van der Waals surface area contributed by atoms with Gasteiger partial charge in [0.25, 0.3) is 0 Å². The third-order valence-electron chi connectivity index (χ3n) is 1.20. The summed E-state index contributed by atoms with van der Waals surface area (Å²) in [5.74, 6) is -8.81. The number of aliphatic carboxylic acids is 4. The Bertz CT molecular complexity index is 386. The molecule has 0 amide bonds. The zero-order valence-electron chi connectivity index (χ0n) is 14.1. The van der Waals surface area contributed by atoms with E-state index in [0.29, 0.717) is 0 Å². The van der Waals surface area contributed by atoms with Crippen LogP contribution in [0, 0.1) is 0 Å². The Balaban J connectivity index is -0.0000000500. The molecule has 0 spiro atoms. The minimum Gasteiger partial charge on any atom is -0.476 e. The molecule has 0 saturated carbocycles. The zero-order valence-corrected chi connectivity index (χ0v) is 14.1. The van der Waals surface area contributed by atoms with Gasteiger partial charge < -0.3 is 31.4 Å². The molecule has 0 aromatic rings. The van der Waals surface area contributed by atoms with Crippen molar-refractivity contribution in [2.75, 3.05) is 0 Å². The van der Waals surface area contributed by atoms with Gasteiger partial charge in [0.05, 0.1) is 0 Å². The van der Waals surface area contributed by atoms with Gasteiger partial charge >= 0.3 is 23.9 Å². The second-order valence-corrected chi connectivity index (χ2v) is 3.45. The SMILES string of the molecule is CC(=O)C(=O)O.CC(=O)C(=O)O.CC(=O)C(=O)O.CC(=O)C(=O)O.O.O. The van der Waals surface area contributed by atoms with E-state index >= 15 is 0 Å². The molecule has 0 saturated heterocycles. The summed E-state index contributed by atoms with van der Waals surface area (Å²) in [5.41, 5.74) is 0. The summed E-state index contributed by atoms with van der Waals surface area (Å²) in [6, 6.07) is 0. The minimum absolute atomic E-state index is 0. The highest BCUT2D eigenvalue weighted by atomic mass is 16.4. The van der Waals surface area contributed by atoms with Crippen LogP contribution in [0.2, 0.25) is 0 Å². The number of rotatable bonds is 4. The lowest BCUT2D eigenvalue weighted by atomic mass is 10.5. The van der Waals surface area contributed by atoms with Crippen molar-refractivity contribution in [2.45, 2.75) is 27.7 Å². The van der Waals surface area contributed by atoms with Gasteiger partial charge in [-0.1, -0.05) is 0 Å². The number of carbonyl (C=O) groups excluding carboxylic acids is 4. The molecule has 14 nitrogen and oxygen atoms in total. The van der Waals surface area contributed by atoms with Crippen molar-refractivity contribution >= 4 is 47.0 Å². The lowest BCUT2D eigenvalue weighted by molar-refractivity contribution is -0.148. The van der Waals surface area contributed by atoms with Gasteiger partial charge in [-0.05, 0) is 0 Å². The van der Waals surface area contributed by atoms with Crippen molar-refractivity contribution in [3.8, 4) is 0 Å². The number of carboxylic acids is 4. The molecule has 14 heteroatoms. The maximum atomic E-state index is 9.54. The molecule has 152 valence electrons. The van der Waals surface area contributed by atoms with Crippen molar-refractivity contribution < 1.29 is 69.7 Å². The smallest absolute Gasteiger partial charge is 0.371 e. The third-order valence-corrected chi connectivity index (χ3v) is 1.20. The van der Waals surface area contributed by atoms with Gasteiger partial charge in [0.2, 0.25) is 23.1 Å². The van der Waals surface area contributed by atoms with Gasteiger partial charge in [-0.15, -0.1) is 0 Å². The van der Waals surface area contributed by atoms with E-state index in [1.54, 1.807) is 0 Å². The monoisotopic (exact) mass is 388 g/mol. The van der Waals surface area contributed by atoms with E-state index in [4.69, 9.17) is 20.4 Å². The molecule has 8 N–H and O–H groups in total. The lowest BCUT2D eigenvalue weighted by Gasteiger charge is -1.73. The first-order valence-corrected chi connectivity index (χ1v) is 5.53. The van der Waals surface area contributed by atoms with Crippen LogP contribution in [0.3, 0.4) is 0 Å². The molecule has 0 aliphatic carbocycles. The van der Waals surface area contributed by atoms with E-state index in [1.807, 2.05) is 0 Å². The van der Waals surface area contributed by atoms with Crippen LogP contribution in [0.25, 0.3) is 0 Å². The Morgan fingerprint density at radius 2 is 0.423 bits per heavy atom. The Kier molecular flexibility index (Phi) is 31.6. The number of ketones is 4. The number of carboxylic acid groups (broad SMARTS) is 4. The first kappa shape index (κ1) is 38.2. The van der Waals surface area contributed by atoms with Crippen LogP contribution < -0.4 is 0 Å². The average Bonchev–Trinajstić information content (AvgIpc) is 2.40. The van der Waals surface area contributed by atoms with Gasteiger partial charge in [-0.25, -0.2) is 19.2 Å². The quantitative estimate of drug-likeness (QED) is 0.350. The summed E-state index contributed by atoms with van der Waals surface area (Å²) in [4.78, 5) is 75.6. The fourth-order valence-corrected chi connectivity index (χ4v) is 0. The normalized spacial score (nSPS) is 6.92. The summed E-state index contributed by atoms with van der Waals surface area (Å²) in [5, 5.41) is 30.6. The summed E-state index contributed by atoms with van der Waals surface area (Å²) >= 11 is 0. The summed E-state index contributed by atoms with van der Waals surface area (Å²) in [7, 11) is 0. The number of hydrogen-bond donors (Lipinski definition) is 4. The van der Waals surface area contributed by atoms with Crippen LogP contribution in [-0.4, -0.2) is 78.4 Å². The molecular weight excluding hydrogens is 368 g/mol. The topological polar surface area (TPSA) is 280 Å². The van der Waals surface area contributed by atoms with E-state index in [1.165, 1.54) is 0 Å². The highest BCUT2D eigenvalue weighted by molar-refractivity contribution is 6.32. The van der Waals surface area contributed by atoms with Crippen LogP contribution in [0.5, 0.6) is 0 Å². The predicted molar refractivity (Wildman–Crippen MR) is 80.5 cm³/mol. The van der Waals surface area contributed by atoms with Crippen molar-refractivity contribution in [2.24, 2.45) is 0 Å². The van der Waals surface area contributed by atoms with E-state index in [-0.39, 0.29) is 11.0 Å². The van der Waals surface area contributed by atoms with E-state index in [9.17, 15) is 38.4 Å². The molecule has 0 fully saturated rings. The van der Waals surface area contributed by atoms with Crippen LogP contribution in [0.15, 0.2) is 0 Å². The second kappa shape index (κ2) is 21.5. The third kappa shape index (κ3) is 49.9. The Hall–Kier alpha value is -3.52. The Morgan fingerprint density at radius 1 is 0.385 bits per heavy atom. The van der Waals surface area contributed by atoms with E-state index < -0.39 is 47.0 Å². The lowest BCUT2D eigenvalue weighted by Crippen LogP contribution is -2.05. The Morgan fingerprint density at radius 3 is 0.423 bits per heavy atom. The Labute approximate surface area is 145 Å². The van der Waals surface area contributed by atoms with Crippen LogP contribution in [-0.2, 0) is 38.4 Å². The fraction of sp³-hybridized carbons (Fsp3) is 0.333. The molecule has 0 heterocycles. The van der Waals surface area contributed by atoms with Crippen molar-refractivity contribution in [3.63, 3.8) is 0 Å². The molecule has 0 aromatic heterocycles. The molecule has 0 radical (unpaired) electrons. The standard InChI is InChI=1S/4C3H4O3.2H2O/c4*1-2(4)3(5)6;;/h4*1H3,(H,5,6);2*1H2. The summed E-state index contributed by atoms with van der Waals surface area (Å²) in [6.07, 6.45) is 0. The van der Waals surface area contributed by atoms with Gasteiger partial charge in [0, 0.05) is 27.7 Å². The average molecular weight is 388 g/mol. The largest absolute Gasteiger partial charge is 0.476 e. The van der Waals surface area contributed by atoms with Crippen LogP contribution in [0.1, 0.15) is 27.7 Å². The maximum Gasteiger partial charge on any atom is 0.371 e. The van der Waals surface area contributed by atoms with Crippen molar-refractivity contribution in [3.05, 3.63) is 0 Å². The fourth-order valence-electron chi connectivity index (χ4n) is 0. The van der Waals surface area contributed by atoms with Gasteiger partial charge in [-0.3, -0.25) is 19.2 Å². The second-order valence-electron chi connectivity index (χ2n) is 3.45. The number of Topliss-reactive ketones (excluding diaryl/α,β-unsaturated/α-hetero) is 4. The molecular formula is C12H20O14. The van der Waals surface area contributed by atoms with Crippen molar-refractivity contribution in [1.29, 1.82) is 0 Å². The van der Waals surface area contributed by atoms with Crippen LogP contribution >= 0.6 is 0 Å². The molecule has 0 atom stereocenters. The molecule has 0 rings (SSSR count). The first-order valence-electron chi connectivity index (χ1n) is 5.53. The van der Waals surface area contributed by atoms with Crippen LogP contribution in [0.4, 0.5) is 0 Å². The number of carbonyl (C=O) groups is 8. The van der Waals surface area contributed by atoms with Gasteiger partial charge in [-0.2, -0.15) is 0 Å². The molecule has 0 aliphatic heterocycles. The number of hydrogen-bond acceptors (Lipinski definition) is 8. The van der Waals surface area contributed by atoms with E-state index in [0.717, 1.165) is 27.7 Å². The van der Waals surface area contributed by atoms with E-state index in [2.05, 4.69) is 0 Å². The molecule has 0 bridgehead atoms. The first-order chi connectivity index (χ1) is 10.6. The predicted octanol–water partition coefficient (Wildman–Crippen LogP) is -3.01. The van der Waals surface area contributed by atoms with Gasteiger partial charge in [0.15, 0.2) is 0 Å². The highest BCUT2D eigenvalue weighted by Crippen LogP contribution is 1.63. The summed E-state index contributed by atoms with van der Waals surface area (Å²) in [6.45, 7) is 4.01. The molecule has 0 aliphatic rings. The van der Waals surface area contributed by atoms with Crippen molar-refractivity contribution in [1.82, 2.24) is 0 Å². The summed E-state index contributed by atoms with van der Waals surface area (Å²) < 4.78 is 0. The molecule has 26 heavy (non-hydrogen) atoms.